The molecule has 0 saturated heterocycles. The summed E-state index contributed by atoms with van der Waals surface area (Å²) in [4.78, 5) is 39.3. The molecule has 2 aromatic heterocycles. The Morgan fingerprint density at radius 1 is 0.944 bits per heavy atom. The summed E-state index contributed by atoms with van der Waals surface area (Å²) in [6.45, 7) is 0. The lowest BCUT2D eigenvalue weighted by molar-refractivity contribution is -0.123. The van der Waals surface area contributed by atoms with Crippen LogP contribution in [0.3, 0.4) is 0 Å². The standard InChI is InChI=1S/C26H18BrN5O3S/c27-21-18-12-6-7-13-19(18)36-20(21)14-28-31-26(35)23(29-24(33)15-8-2-1-3-9-15)22-16-10-4-5-11-17(16)25(34)32-30-22/h1-14,23H,(H,29,33)(H,31,35)(H,32,34)/b28-14-. The van der Waals surface area contributed by atoms with Crippen molar-refractivity contribution < 1.29 is 9.59 Å². The Balaban J connectivity index is 1.47. The van der Waals surface area contributed by atoms with Crippen molar-refractivity contribution >= 4 is 66.2 Å². The first-order chi connectivity index (χ1) is 17.5. The Morgan fingerprint density at radius 2 is 1.61 bits per heavy atom. The van der Waals surface area contributed by atoms with Crippen molar-refractivity contribution in [2.75, 3.05) is 0 Å². The normalized spacial score (nSPS) is 12.1. The summed E-state index contributed by atoms with van der Waals surface area (Å²) in [7, 11) is 0. The number of benzene rings is 3. The molecule has 0 aliphatic carbocycles. The molecule has 36 heavy (non-hydrogen) atoms. The zero-order valence-electron chi connectivity index (χ0n) is 18.6. The predicted octanol–water partition coefficient (Wildman–Crippen LogP) is 4.52. The van der Waals surface area contributed by atoms with E-state index < -0.39 is 23.4 Å². The number of hydrogen-bond donors (Lipinski definition) is 3. The van der Waals surface area contributed by atoms with Crippen LogP contribution in [0.15, 0.2) is 93.2 Å². The van der Waals surface area contributed by atoms with Crippen LogP contribution < -0.4 is 16.3 Å². The third-order valence-corrected chi connectivity index (χ3v) is 7.71. The molecule has 0 radical (unpaired) electrons. The van der Waals surface area contributed by atoms with Crippen LogP contribution in [-0.4, -0.2) is 28.2 Å². The minimum atomic E-state index is -1.22. The van der Waals surface area contributed by atoms with E-state index in [-0.39, 0.29) is 5.69 Å². The minimum Gasteiger partial charge on any atom is -0.335 e. The number of fused-ring (bicyclic) bond motifs is 2. The molecule has 1 atom stereocenters. The molecule has 10 heteroatoms. The molecule has 3 N–H and O–H groups in total. The molecule has 5 aromatic rings. The molecule has 2 heterocycles. The Labute approximate surface area is 217 Å². The second kappa shape index (κ2) is 10.2. The molecule has 1 unspecified atom stereocenters. The van der Waals surface area contributed by atoms with Crippen LogP contribution >= 0.6 is 27.3 Å². The van der Waals surface area contributed by atoms with Gasteiger partial charge in [-0.2, -0.15) is 10.2 Å². The summed E-state index contributed by atoms with van der Waals surface area (Å²) in [5.74, 6) is -1.08. The largest absolute Gasteiger partial charge is 0.335 e. The van der Waals surface area contributed by atoms with Gasteiger partial charge in [-0.3, -0.25) is 14.4 Å². The lowest BCUT2D eigenvalue weighted by Gasteiger charge is -2.18. The monoisotopic (exact) mass is 559 g/mol. The van der Waals surface area contributed by atoms with E-state index in [1.807, 2.05) is 24.3 Å². The SMILES string of the molecule is O=C(NC(C(=O)N/N=C\c1sc2ccccc2c1Br)c1n[nH]c(=O)c2ccccc12)c1ccccc1. The van der Waals surface area contributed by atoms with Crippen LogP contribution in [0, 0.1) is 0 Å². The number of hydrazone groups is 1. The quantitative estimate of drug-likeness (QED) is 0.209. The van der Waals surface area contributed by atoms with E-state index in [2.05, 4.69) is 42.0 Å². The molecular weight excluding hydrogens is 542 g/mol. The second-order valence-corrected chi connectivity index (χ2v) is 9.64. The number of aromatic nitrogens is 2. The van der Waals surface area contributed by atoms with E-state index in [0.29, 0.717) is 16.3 Å². The predicted molar refractivity (Wildman–Crippen MR) is 144 cm³/mol. The van der Waals surface area contributed by atoms with Gasteiger partial charge in [0.25, 0.3) is 17.4 Å². The van der Waals surface area contributed by atoms with Crippen LogP contribution in [0.4, 0.5) is 0 Å². The first-order valence-electron chi connectivity index (χ1n) is 10.9. The number of halogens is 1. The Morgan fingerprint density at radius 3 is 2.36 bits per heavy atom. The maximum absolute atomic E-state index is 13.3. The number of rotatable bonds is 6. The number of carbonyl (C=O) groups is 2. The lowest BCUT2D eigenvalue weighted by Crippen LogP contribution is -2.40. The number of thiophene rings is 1. The topological polar surface area (TPSA) is 116 Å². The number of carbonyl (C=O) groups excluding carboxylic acids is 2. The van der Waals surface area contributed by atoms with Gasteiger partial charge in [0.1, 0.15) is 5.69 Å². The second-order valence-electron chi connectivity index (χ2n) is 7.77. The van der Waals surface area contributed by atoms with Gasteiger partial charge in [-0.25, -0.2) is 10.5 Å². The van der Waals surface area contributed by atoms with Gasteiger partial charge in [-0.1, -0.05) is 54.6 Å². The van der Waals surface area contributed by atoms with Crippen molar-refractivity contribution in [3.05, 3.63) is 110 Å². The third-order valence-electron chi connectivity index (χ3n) is 5.49. The summed E-state index contributed by atoms with van der Waals surface area (Å²) in [6, 6.07) is 22.0. The zero-order valence-corrected chi connectivity index (χ0v) is 21.0. The molecule has 2 amide bonds. The highest BCUT2D eigenvalue weighted by atomic mass is 79.9. The van der Waals surface area contributed by atoms with E-state index in [4.69, 9.17) is 0 Å². The van der Waals surface area contributed by atoms with E-state index in [1.54, 1.807) is 60.8 Å². The van der Waals surface area contributed by atoms with Gasteiger partial charge < -0.3 is 5.32 Å². The van der Waals surface area contributed by atoms with Crippen LogP contribution in [0.2, 0.25) is 0 Å². The third kappa shape index (κ3) is 4.68. The zero-order chi connectivity index (χ0) is 25.1. The highest BCUT2D eigenvalue weighted by Gasteiger charge is 2.27. The van der Waals surface area contributed by atoms with E-state index in [1.165, 1.54) is 11.3 Å². The molecule has 0 aliphatic rings. The fourth-order valence-corrected chi connectivity index (χ4v) is 5.54. The van der Waals surface area contributed by atoms with Crippen LogP contribution in [0.5, 0.6) is 0 Å². The van der Waals surface area contributed by atoms with Crippen molar-refractivity contribution in [3.63, 3.8) is 0 Å². The fraction of sp³-hybridized carbons (Fsp3) is 0.0385. The maximum Gasteiger partial charge on any atom is 0.272 e. The van der Waals surface area contributed by atoms with E-state index in [0.717, 1.165) is 19.4 Å². The Kier molecular flexibility index (Phi) is 6.70. The van der Waals surface area contributed by atoms with Gasteiger partial charge in [0, 0.05) is 25.5 Å². The molecule has 0 fully saturated rings. The van der Waals surface area contributed by atoms with Gasteiger partial charge in [0.2, 0.25) is 0 Å². The van der Waals surface area contributed by atoms with Crippen LogP contribution in [0.25, 0.3) is 20.9 Å². The highest BCUT2D eigenvalue weighted by Crippen LogP contribution is 2.34. The smallest absolute Gasteiger partial charge is 0.272 e. The molecule has 0 bridgehead atoms. The number of H-pyrrole nitrogens is 1. The van der Waals surface area contributed by atoms with Gasteiger partial charge in [-0.05, 0) is 40.2 Å². The van der Waals surface area contributed by atoms with Crippen molar-refractivity contribution in [1.29, 1.82) is 0 Å². The number of amides is 2. The average molecular weight is 560 g/mol. The number of nitrogens with one attached hydrogen (secondary N) is 3. The van der Waals surface area contributed by atoms with Gasteiger partial charge in [-0.15, -0.1) is 11.3 Å². The molecule has 5 rings (SSSR count). The number of hydrogen-bond acceptors (Lipinski definition) is 6. The van der Waals surface area contributed by atoms with Gasteiger partial charge in [0.05, 0.1) is 16.5 Å². The molecule has 0 aliphatic heterocycles. The van der Waals surface area contributed by atoms with E-state index in [9.17, 15) is 14.4 Å². The first kappa shape index (κ1) is 23.6. The van der Waals surface area contributed by atoms with Crippen molar-refractivity contribution in [2.24, 2.45) is 5.10 Å². The maximum atomic E-state index is 13.3. The lowest BCUT2D eigenvalue weighted by atomic mass is 10.0. The number of nitrogens with zero attached hydrogens (tertiary/aromatic N) is 2. The van der Waals surface area contributed by atoms with Crippen molar-refractivity contribution in [2.45, 2.75) is 6.04 Å². The molecule has 3 aromatic carbocycles. The summed E-state index contributed by atoms with van der Waals surface area (Å²) in [5, 5.41) is 15.2. The molecule has 0 spiro atoms. The van der Waals surface area contributed by atoms with E-state index >= 15 is 0 Å². The number of aromatic amines is 1. The fourth-order valence-electron chi connectivity index (χ4n) is 3.75. The molecule has 0 saturated carbocycles. The van der Waals surface area contributed by atoms with Crippen LogP contribution in [0.1, 0.15) is 27.0 Å². The van der Waals surface area contributed by atoms with Crippen molar-refractivity contribution in [1.82, 2.24) is 20.9 Å². The van der Waals surface area contributed by atoms with Gasteiger partial charge in [0.15, 0.2) is 6.04 Å². The average Bonchev–Trinajstić information content (AvgIpc) is 3.23. The first-order valence-corrected chi connectivity index (χ1v) is 12.5. The van der Waals surface area contributed by atoms with Gasteiger partial charge >= 0.3 is 0 Å². The molecule has 8 nitrogen and oxygen atoms in total. The van der Waals surface area contributed by atoms with Crippen LogP contribution in [-0.2, 0) is 4.79 Å². The summed E-state index contributed by atoms with van der Waals surface area (Å²) < 4.78 is 1.96. The Hall–Kier alpha value is -4.15. The summed E-state index contributed by atoms with van der Waals surface area (Å²) >= 11 is 5.11. The highest BCUT2D eigenvalue weighted by molar-refractivity contribution is 9.10. The summed E-state index contributed by atoms with van der Waals surface area (Å²) in [5.41, 5.74) is 2.69. The van der Waals surface area contributed by atoms with Crippen molar-refractivity contribution in [3.8, 4) is 0 Å². The summed E-state index contributed by atoms with van der Waals surface area (Å²) in [6.07, 6.45) is 1.54. The molecule has 178 valence electrons. The molecular formula is C26H18BrN5O3S. The minimum absolute atomic E-state index is 0.199. The Bertz CT molecular complexity index is 1680.